The average Bonchev–Trinajstić information content (AvgIpc) is 2.80. The monoisotopic (exact) mass is 245 g/mol. The maximum atomic E-state index is 9.84. The van der Waals surface area contributed by atoms with Crippen LogP contribution in [-0.2, 0) is 6.54 Å². The third-order valence-corrected chi connectivity index (χ3v) is 2.82. The lowest BCUT2D eigenvalue weighted by molar-refractivity contribution is 0.147. The van der Waals surface area contributed by atoms with Gasteiger partial charge >= 0.3 is 0 Å². The lowest BCUT2D eigenvalue weighted by Gasteiger charge is -2.10. The van der Waals surface area contributed by atoms with Crippen LogP contribution in [0.1, 0.15) is 28.6 Å². The van der Waals surface area contributed by atoms with Gasteiger partial charge in [-0.25, -0.2) is 0 Å². The molecule has 0 aliphatic carbocycles. The number of rotatable bonds is 5. The van der Waals surface area contributed by atoms with E-state index in [1.807, 2.05) is 0 Å². The highest BCUT2D eigenvalue weighted by Crippen LogP contribution is 2.12. The lowest BCUT2D eigenvalue weighted by Crippen LogP contribution is -2.20. The van der Waals surface area contributed by atoms with Gasteiger partial charge in [-0.3, -0.25) is 0 Å². The minimum atomic E-state index is -0.592. The molecule has 1 aromatic heterocycles. The normalized spacial score (nSPS) is 12.6. The van der Waals surface area contributed by atoms with Crippen LogP contribution < -0.4 is 5.32 Å². The number of benzene rings is 1. The number of furan rings is 1. The second-order valence-electron chi connectivity index (χ2n) is 4.66. The van der Waals surface area contributed by atoms with Crippen LogP contribution >= 0.6 is 0 Å². The number of hydrogen-bond acceptors (Lipinski definition) is 3. The van der Waals surface area contributed by atoms with Gasteiger partial charge in [-0.1, -0.05) is 29.3 Å². The summed E-state index contributed by atoms with van der Waals surface area (Å²) in [5.74, 6) is 0.600. The van der Waals surface area contributed by atoms with Crippen LogP contribution in [0.15, 0.2) is 41.0 Å². The first-order valence-corrected chi connectivity index (χ1v) is 6.14. The van der Waals surface area contributed by atoms with E-state index in [4.69, 9.17) is 4.42 Å². The molecule has 0 aliphatic rings. The Morgan fingerprint density at radius 1 is 1.22 bits per heavy atom. The van der Waals surface area contributed by atoms with Gasteiger partial charge in [-0.2, -0.15) is 0 Å². The molecule has 2 aromatic rings. The minimum Gasteiger partial charge on any atom is -0.467 e. The van der Waals surface area contributed by atoms with Gasteiger partial charge < -0.3 is 14.8 Å². The summed E-state index contributed by atoms with van der Waals surface area (Å²) in [6.45, 7) is 5.42. The van der Waals surface area contributed by atoms with Crippen molar-refractivity contribution in [3.63, 3.8) is 0 Å². The molecule has 2 N–H and O–H groups in total. The topological polar surface area (TPSA) is 45.4 Å². The van der Waals surface area contributed by atoms with Gasteiger partial charge in [0, 0.05) is 13.1 Å². The van der Waals surface area contributed by atoms with Crippen molar-refractivity contribution in [3.05, 3.63) is 59.0 Å². The van der Waals surface area contributed by atoms with Crippen molar-refractivity contribution in [1.82, 2.24) is 5.32 Å². The first kappa shape index (κ1) is 12.9. The van der Waals surface area contributed by atoms with Gasteiger partial charge in [-0.15, -0.1) is 0 Å². The Labute approximate surface area is 107 Å². The molecule has 0 saturated heterocycles. The number of nitrogens with one attached hydrogen (secondary N) is 1. The molecule has 3 heteroatoms. The molecule has 1 aromatic carbocycles. The minimum absolute atomic E-state index is 0.487. The zero-order valence-electron chi connectivity index (χ0n) is 10.8. The Morgan fingerprint density at radius 2 is 1.94 bits per heavy atom. The summed E-state index contributed by atoms with van der Waals surface area (Å²) in [4.78, 5) is 0. The molecular formula is C15H19NO2. The summed E-state index contributed by atoms with van der Waals surface area (Å²) in [7, 11) is 0. The Kier molecular flexibility index (Phi) is 4.18. The van der Waals surface area contributed by atoms with E-state index in [9.17, 15) is 5.11 Å². The van der Waals surface area contributed by atoms with E-state index < -0.39 is 6.10 Å². The molecule has 1 unspecified atom stereocenters. The fourth-order valence-electron chi connectivity index (χ4n) is 2.11. The standard InChI is InChI=1S/C15H19NO2/c1-11-6-12(2)8-13(7-11)9-16-10-14(17)15-4-3-5-18-15/h3-8,14,16-17H,9-10H2,1-2H3. The summed E-state index contributed by atoms with van der Waals surface area (Å²) in [5, 5.41) is 13.1. The van der Waals surface area contributed by atoms with Crippen molar-refractivity contribution in [2.75, 3.05) is 6.54 Å². The van der Waals surface area contributed by atoms with E-state index >= 15 is 0 Å². The van der Waals surface area contributed by atoms with Crippen LogP contribution in [0.3, 0.4) is 0 Å². The smallest absolute Gasteiger partial charge is 0.133 e. The fraction of sp³-hybridized carbons (Fsp3) is 0.333. The Hall–Kier alpha value is -1.58. The molecule has 18 heavy (non-hydrogen) atoms. The fourth-order valence-corrected chi connectivity index (χ4v) is 2.11. The van der Waals surface area contributed by atoms with Gasteiger partial charge in [0.15, 0.2) is 0 Å². The van der Waals surface area contributed by atoms with Gasteiger partial charge in [-0.05, 0) is 31.5 Å². The first-order chi connectivity index (χ1) is 8.65. The number of aliphatic hydroxyl groups is 1. The van der Waals surface area contributed by atoms with E-state index in [1.54, 1.807) is 18.4 Å². The number of aryl methyl sites for hydroxylation is 2. The van der Waals surface area contributed by atoms with Crippen molar-refractivity contribution in [1.29, 1.82) is 0 Å². The molecular weight excluding hydrogens is 226 g/mol. The van der Waals surface area contributed by atoms with Crippen molar-refractivity contribution in [2.45, 2.75) is 26.5 Å². The molecule has 0 radical (unpaired) electrons. The quantitative estimate of drug-likeness (QED) is 0.851. The third kappa shape index (κ3) is 3.45. The van der Waals surface area contributed by atoms with Gasteiger partial charge in [0.2, 0.25) is 0 Å². The molecule has 0 bridgehead atoms. The third-order valence-electron chi connectivity index (χ3n) is 2.82. The summed E-state index contributed by atoms with van der Waals surface area (Å²) in [6, 6.07) is 10.0. The zero-order chi connectivity index (χ0) is 13.0. The summed E-state index contributed by atoms with van der Waals surface area (Å²) in [5.41, 5.74) is 3.76. The zero-order valence-corrected chi connectivity index (χ0v) is 10.8. The second kappa shape index (κ2) is 5.85. The Morgan fingerprint density at radius 3 is 2.56 bits per heavy atom. The second-order valence-corrected chi connectivity index (χ2v) is 4.66. The van der Waals surface area contributed by atoms with Crippen molar-refractivity contribution in [2.24, 2.45) is 0 Å². The molecule has 0 aliphatic heterocycles. The molecule has 96 valence electrons. The maximum Gasteiger partial charge on any atom is 0.133 e. The van der Waals surface area contributed by atoms with Crippen molar-refractivity contribution < 1.29 is 9.52 Å². The summed E-state index contributed by atoms with van der Waals surface area (Å²) in [6.07, 6.45) is 0.980. The van der Waals surface area contributed by atoms with Gasteiger partial charge in [0.25, 0.3) is 0 Å². The largest absolute Gasteiger partial charge is 0.467 e. The molecule has 2 rings (SSSR count). The number of aliphatic hydroxyl groups excluding tert-OH is 1. The predicted octanol–water partition coefficient (Wildman–Crippen LogP) is 2.72. The molecule has 0 saturated carbocycles. The highest BCUT2D eigenvalue weighted by Gasteiger charge is 2.09. The molecule has 1 heterocycles. The molecule has 1 atom stereocenters. The molecule has 3 nitrogen and oxygen atoms in total. The van der Waals surface area contributed by atoms with Crippen LogP contribution in [0.25, 0.3) is 0 Å². The highest BCUT2D eigenvalue weighted by molar-refractivity contribution is 5.28. The van der Waals surface area contributed by atoms with E-state index in [0.717, 1.165) is 6.54 Å². The Bertz CT molecular complexity index is 471. The highest BCUT2D eigenvalue weighted by atomic mass is 16.4. The Balaban J connectivity index is 1.85. The maximum absolute atomic E-state index is 9.84. The van der Waals surface area contributed by atoms with E-state index in [2.05, 4.69) is 37.4 Å². The van der Waals surface area contributed by atoms with E-state index in [-0.39, 0.29) is 0 Å². The van der Waals surface area contributed by atoms with Crippen molar-refractivity contribution >= 4 is 0 Å². The van der Waals surface area contributed by atoms with Crippen LogP contribution in [0.5, 0.6) is 0 Å². The van der Waals surface area contributed by atoms with Gasteiger partial charge in [0.1, 0.15) is 11.9 Å². The van der Waals surface area contributed by atoms with Crippen LogP contribution in [-0.4, -0.2) is 11.7 Å². The lowest BCUT2D eigenvalue weighted by atomic mass is 10.1. The summed E-state index contributed by atoms with van der Waals surface area (Å²) < 4.78 is 5.15. The molecule has 0 amide bonds. The average molecular weight is 245 g/mol. The molecule has 0 spiro atoms. The predicted molar refractivity (Wildman–Crippen MR) is 71.3 cm³/mol. The van der Waals surface area contributed by atoms with Crippen LogP contribution in [0, 0.1) is 13.8 Å². The van der Waals surface area contributed by atoms with Gasteiger partial charge in [0.05, 0.1) is 6.26 Å². The van der Waals surface area contributed by atoms with Crippen molar-refractivity contribution in [3.8, 4) is 0 Å². The summed E-state index contributed by atoms with van der Waals surface area (Å²) >= 11 is 0. The van der Waals surface area contributed by atoms with Crippen LogP contribution in [0.2, 0.25) is 0 Å². The number of hydrogen-bond donors (Lipinski definition) is 2. The van der Waals surface area contributed by atoms with Crippen LogP contribution in [0.4, 0.5) is 0 Å². The first-order valence-electron chi connectivity index (χ1n) is 6.14. The van der Waals surface area contributed by atoms with E-state index in [1.165, 1.54) is 16.7 Å². The molecule has 0 fully saturated rings. The SMILES string of the molecule is Cc1cc(C)cc(CNCC(O)c2ccco2)c1. The van der Waals surface area contributed by atoms with E-state index in [0.29, 0.717) is 12.3 Å².